The van der Waals surface area contributed by atoms with Crippen molar-refractivity contribution in [3.63, 3.8) is 0 Å². The minimum atomic E-state index is 0.0239. The molecule has 1 amide bonds. The van der Waals surface area contributed by atoms with Gasteiger partial charge >= 0.3 is 0 Å². The number of piperazine rings is 1. The highest BCUT2D eigenvalue weighted by molar-refractivity contribution is 5.77. The van der Waals surface area contributed by atoms with Crippen LogP contribution < -0.4 is 4.90 Å². The normalized spacial score (nSPS) is 15.0. The van der Waals surface area contributed by atoms with Gasteiger partial charge in [0.2, 0.25) is 5.91 Å². The molecular formula is C24H34N4O. The molecule has 29 heavy (non-hydrogen) atoms. The predicted octanol–water partition coefficient (Wildman–Crippen LogP) is 4.41. The highest BCUT2D eigenvalue weighted by Crippen LogP contribution is 2.27. The van der Waals surface area contributed by atoms with Crippen LogP contribution in [0.15, 0.2) is 24.3 Å². The molecule has 0 N–H and O–H groups in total. The summed E-state index contributed by atoms with van der Waals surface area (Å²) in [6.07, 6.45) is 1.50. The Bertz CT molecular complexity index is 877. The van der Waals surface area contributed by atoms with E-state index in [1.54, 1.807) is 0 Å². The van der Waals surface area contributed by atoms with Crippen LogP contribution in [-0.4, -0.2) is 47.0 Å². The van der Waals surface area contributed by atoms with Crippen molar-refractivity contribution in [3.05, 3.63) is 41.1 Å². The Labute approximate surface area is 175 Å². The molecule has 0 saturated carbocycles. The van der Waals surface area contributed by atoms with E-state index in [0.29, 0.717) is 6.42 Å². The third-order valence-corrected chi connectivity index (χ3v) is 5.44. The van der Waals surface area contributed by atoms with Gasteiger partial charge in [-0.2, -0.15) is 0 Å². The summed E-state index contributed by atoms with van der Waals surface area (Å²) < 4.78 is 0. The van der Waals surface area contributed by atoms with Crippen molar-refractivity contribution < 1.29 is 4.79 Å². The number of aryl methyl sites for hydroxylation is 2. The molecule has 2 aromatic rings. The van der Waals surface area contributed by atoms with Crippen LogP contribution in [0.3, 0.4) is 0 Å². The Balaban J connectivity index is 1.83. The van der Waals surface area contributed by atoms with Gasteiger partial charge in [-0.15, -0.1) is 0 Å². The van der Waals surface area contributed by atoms with Gasteiger partial charge in [0.25, 0.3) is 0 Å². The fourth-order valence-electron chi connectivity index (χ4n) is 3.90. The number of hydrogen-bond acceptors (Lipinski definition) is 4. The predicted molar refractivity (Wildman–Crippen MR) is 119 cm³/mol. The summed E-state index contributed by atoms with van der Waals surface area (Å²) >= 11 is 0. The first-order chi connectivity index (χ1) is 13.7. The molecule has 0 aliphatic carbocycles. The highest BCUT2D eigenvalue weighted by Gasteiger charge is 2.27. The largest absolute Gasteiger partial charge is 0.353 e. The second kappa shape index (κ2) is 8.52. The van der Waals surface area contributed by atoms with E-state index in [0.717, 1.165) is 55.5 Å². The van der Waals surface area contributed by atoms with E-state index in [1.165, 1.54) is 11.1 Å². The van der Waals surface area contributed by atoms with Gasteiger partial charge in [-0.05, 0) is 31.7 Å². The number of carbonyl (C=O) groups excluding carboxylic acids is 1. The van der Waals surface area contributed by atoms with E-state index >= 15 is 0 Å². The Kier molecular flexibility index (Phi) is 6.25. The number of rotatable bonds is 4. The lowest BCUT2D eigenvalue weighted by Gasteiger charge is -2.37. The third kappa shape index (κ3) is 5.14. The fourth-order valence-corrected chi connectivity index (χ4v) is 3.90. The summed E-state index contributed by atoms with van der Waals surface area (Å²) in [4.78, 5) is 26.7. The van der Waals surface area contributed by atoms with Gasteiger partial charge in [0.1, 0.15) is 5.82 Å². The monoisotopic (exact) mass is 394 g/mol. The average Bonchev–Trinajstić information content (AvgIpc) is 2.66. The summed E-state index contributed by atoms with van der Waals surface area (Å²) in [6, 6.07) is 8.34. The molecule has 0 atom stereocenters. The van der Waals surface area contributed by atoms with Crippen molar-refractivity contribution >= 4 is 11.7 Å². The number of nitrogens with zero attached hydrogens (tertiary/aromatic N) is 4. The molecule has 0 bridgehead atoms. The van der Waals surface area contributed by atoms with Crippen LogP contribution in [0.5, 0.6) is 0 Å². The number of benzene rings is 1. The molecule has 0 unspecified atom stereocenters. The Hall–Kier alpha value is -2.43. The fraction of sp³-hybridized carbons (Fsp3) is 0.542. The number of carbonyl (C=O) groups is 1. The van der Waals surface area contributed by atoms with E-state index in [1.807, 2.05) is 4.90 Å². The number of aromatic nitrogens is 2. The van der Waals surface area contributed by atoms with Gasteiger partial charge in [-0.3, -0.25) is 4.79 Å². The van der Waals surface area contributed by atoms with Gasteiger partial charge in [0, 0.05) is 49.4 Å². The topological polar surface area (TPSA) is 49.3 Å². The van der Waals surface area contributed by atoms with Crippen molar-refractivity contribution in [2.24, 2.45) is 5.41 Å². The molecule has 1 saturated heterocycles. The molecule has 0 radical (unpaired) electrons. The molecule has 3 rings (SSSR count). The summed E-state index contributed by atoms with van der Waals surface area (Å²) in [7, 11) is 0. The van der Waals surface area contributed by atoms with Crippen LogP contribution in [0.2, 0.25) is 0 Å². The lowest BCUT2D eigenvalue weighted by molar-refractivity contribution is -0.133. The molecular weight excluding hydrogens is 360 g/mol. The minimum Gasteiger partial charge on any atom is -0.353 e. The molecule has 1 aliphatic heterocycles. The van der Waals surface area contributed by atoms with Crippen LogP contribution in [0.4, 0.5) is 5.82 Å². The summed E-state index contributed by atoms with van der Waals surface area (Å²) in [5, 5.41) is 0. The van der Waals surface area contributed by atoms with Crippen molar-refractivity contribution in [1.82, 2.24) is 14.9 Å². The number of anilines is 1. The van der Waals surface area contributed by atoms with E-state index < -0.39 is 0 Å². The molecule has 1 aromatic carbocycles. The maximum Gasteiger partial charge on any atom is 0.223 e. The van der Waals surface area contributed by atoms with Gasteiger partial charge in [-0.1, -0.05) is 51.5 Å². The first-order valence-electron chi connectivity index (χ1n) is 10.6. The third-order valence-electron chi connectivity index (χ3n) is 5.44. The minimum absolute atomic E-state index is 0.0239. The Morgan fingerprint density at radius 3 is 2.34 bits per heavy atom. The standard InChI is InChI=1S/C24H34N4O/c1-7-20-18(3)25-22(19-10-8-9-17(2)15-19)26-23(20)28-13-11-27(12-14-28)21(29)16-24(4,5)6/h8-10,15H,7,11-14,16H2,1-6H3. The lowest BCUT2D eigenvalue weighted by atomic mass is 9.91. The van der Waals surface area contributed by atoms with Crippen molar-refractivity contribution in [2.45, 2.75) is 54.4 Å². The summed E-state index contributed by atoms with van der Waals surface area (Å²) in [5.74, 6) is 2.07. The van der Waals surface area contributed by atoms with E-state index in [4.69, 9.17) is 9.97 Å². The number of amides is 1. The van der Waals surface area contributed by atoms with E-state index in [9.17, 15) is 4.79 Å². The van der Waals surface area contributed by atoms with E-state index in [-0.39, 0.29) is 11.3 Å². The SMILES string of the molecule is CCc1c(C)nc(-c2cccc(C)c2)nc1N1CCN(C(=O)CC(C)(C)C)CC1. The van der Waals surface area contributed by atoms with Crippen LogP contribution >= 0.6 is 0 Å². The van der Waals surface area contributed by atoms with Crippen molar-refractivity contribution in [2.75, 3.05) is 31.1 Å². The zero-order valence-electron chi connectivity index (χ0n) is 18.7. The van der Waals surface area contributed by atoms with Crippen LogP contribution in [0.1, 0.15) is 50.9 Å². The Morgan fingerprint density at radius 2 is 1.76 bits per heavy atom. The van der Waals surface area contributed by atoms with Crippen LogP contribution in [-0.2, 0) is 11.2 Å². The first kappa shape index (κ1) is 21.3. The van der Waals surface area contributed by atoms with Crippen LogP contribution in [0.25, 0.3) is 11.4 Å². The van der Waals surface area contributed by atoms with Gasteiger partial charge in [0.15, 0.2) is 5.82 Å². The smallest absolute Gasteiger partial charge is 0.223 e. The van der Waals surface area contributed by atoms with Gasteiger partial charge in [0.05, 0.1) is 0 Å². The molecule has 1 aliphatic rings. The lowest BCUT2D eigenvalue weighted by Crippen LogP contribution is -2.50. The molecule has 5 nitrogen and oxygen atoms in total. The van der Waals surface area contributed by atoms with Crippen molar-refractivity contribution in [3.8, 4) is 11.4 Å². The van der Waals surface area contributed by atoms with E-state index in [2.05, 4.69) is 70.7 Å². The summed E-state index contributed by atoms with van der Waals surface area (Å²) in [6.45, 7) is 15.8. The molecule has 0 spiro atoms. The maximum absolute atomic E-state index is 12.6. The maximum atomic E-state index is 12.6. The molecule has 1 fully saturated rings. The molecule has 1 aromatic heterocycles. The Morgan fingerprint density at radius 1 is 1.07 bits per heavy atom. The van der Waals surface area contributed by atoms with Gasteiger partial charge in [-0.25, -0.2) is 9.97 Å². The van der Waals surface area contributed by atoms with Gasteiger partial charge < -0.3 is 9.80 Å². The number of hydrogen-bond donors (Lipinski definition) is 0. The quantitative estimate of drug-likeness (QED) is 0.771. The zero-order valence-corrected chi connectivity index (χ0v) is 18.7. The molecule has 156 valence electrons. The second-order valence-corrected chi connectivity index (χ2v) is 9.26. The summed E-state index contributed by atoms with van der Waals surface area (Å²) in [5.41, 5.74) is 4.53. The highest BCUT2D eigenvalue weighted by atomic mass is 16.2. The first-order valence-corrected chi connectivity index (χ1v) is 10.6. The molecule has 5 heteroatoms. The average molecular weight is 395 g/mol. The zero-order chi connectivity index (χ0) is 21.2. The van der Waals surface area contributed by atoms with Crippen molar-refractivity contribution in [1.29, 1.82) is 0 Å². The molecule has 2 heterocycles. The van der Waals surface area contributed by atoms with Crippen LogP contribution in [0, 0.1) is 19.3 Å². The second-order valence-electron chi connectivity index (χ2n) is 9.26.